The van der Waals surface area contributed by atoms with Crippen molar-refractivity contribution < 1.29 is 9.53 Å². The maximum absolute atomic E-state index is 11.7. The number of hydrogen-bond acceptors (Lipinski definition) is 6. The molecule has 0 spiro atoms. The Hall–Kier alpha value is -1.85. The quantitative estimate of drug-likeness (QED) is 0.757. The zero-order chi connectivity index (χ0) is 12.3. The Labute approximate surface area is 99.8 Å². The summed E-state index contributed by atoms with van der Waals surface area (Å²) in [7, 11) is 1.41. The van der Waals surface area contributed by atoms with Crippen LogP contribution in [0.1, 0.15) is 19.3 Å². The van der Waals surface area contributed by atoms with Crippen molar-refractivity contribution in [3.8, 4) is 0 Å². The van der Waals surface area contributed by atoms with Gasteiger partial charge in [0.1, 0.15) is 11.9 Å². The normalized spacial score (nSPS) is 20.1. The molecule has 0 radical (unpaired) electrons. The van der Waals surface area contributed by atoms with Crippen LogP contribution in [0.2, 0.25) is 0 Å². The van der Waals surface area contributed by atoms with Crippen LogP contribution in [0.25, 0.3) is 0 Å². The number of anilines is 2. The molecule has 1 aromatic rings. The molecule has 1 aliphatic heterocycles. The van der Waals surface area contributed by atoms with Crippen molar-refractivity contribution in [1.29, 1.82) is 0 Å². The molecule has 1 saturated heterocycles. The molecule has 92 valence electrons. The Morgan fingerprint density at radius 2 is 2.41 bits per heavy atom. The summed E-state index contributed by atoms with van der Waals surface area (Å²) in [6.45, 7) is 0.788. The number of nitrogens with two attached hydrogens (primary N) is 1. The van der Waals surface area contributed by atoms with Crippen molar-refractivity contribution in [1.82, 2.24) is 9.97 Å². The van der Waals surface area contributed by atoms with Gasteiger partial charge in [-0.05, 0) is 25.3 Å². The third kappa shape index (κ3) is 2.46. The van der Waals surface area contributed by atoms with E-state index >= 15 is 0 Å². The van der Waals surface area contributed by atoms with Gasteiger partial charge in [-0.1, -0.05) is 0 Å². The highest BCUT2D eigenvalue weighted by molar-refractivity contribution is 5.79. The fraction of sp³-hybridized carbons (Fsp3) is 0.545. The number of nitrogens with zero attached hydrogens (tertiary/aromatic N) is 3. The number of piperidine rings is 1. The molecular formula is C11H16N4O2. The van der Waals surface area contributed by atoms with Gasteiger partial charge in [-0.25, -0.2) is 9.78 Å². The van der Waals surface area contributed by atoms with Gasteiger partial charge in [0.05, 0.1) is 7.11 Å². The maximum Gasteiger partial charge on any atom is 0.328 e. The number of rotatable bonds is 2. The average Bonchev–Trinajstić information content (AvgIpc) is 2.38. The number of esters is 1. The molecule has 1 aliphatic rings. The number of nitrogen functional groups attached to an aromatic ring is 1. The first-order chi connectivity index (χ1) is 8.22. The minimum Gasteiger partial charge on any atom is -0.467 e. The first-order valence-corrected chi connectivity index (χ1v) is 5.65. The summed E-state index contributed by atoms with van der Waals surface area (Å²) < 4.78 is 4.82. The summed E-state index contributed by atoms with van der Waals surface area (Å²) in [5.74, 6) is 0.686. The smallest absolute Gasteiger partial charge is 0.328 e. The van der Waals surface area contributed by atoms with Crippen LogP contribution in [-0.2, 0) is 9.53 Å². The summed E-state index contributed by atoms with van der Waals surface area (Å²) in [6, 6.07) is 1.50. The minimum absolute atomic E-state index is 0.219. The number of methoxy groups -OCH3 is 1. The van der Waals surface area contributed by atoms with Gasteiger partial charge in [-0.3, -0.25) is 0 Å². The highest BCUT2D eigenvalue weighted by Gasteiger charge is 2.30. The van der Waals surface area contributed by atoms with Crippen LogP contribution in [0.15, 0.2) is 12.3 Å². The predicted molar refractivity (Wildman–Crippen MR) is 63.4 cm³/mol. The van der Waals surface area contributed by atoms with Gasteiger partial charge < -0.3 is 15.4 Å². The fourth-order valence-corrected chi connectivity index (χ4v) is 2.11. The lowest BCUT2D eigenvalue weighted by Gasteiger charge is -2.34. The number of carbonyl (C=O) groups is 1. The van der Waals surface area contributed by atoms with Crippen molar-refractivity contribution in [2.75, 3.05) is 24.3 Å². The molecule has 0 bridgehead atoms. The van der Waals surface area contributed by atoms with Crippen LogP contribution in [-0.4, -0.2) is 35.6 Å². The molecule has 1 atom stereocenters. The lowest BCUT2D eigenvalue weighted by Crippen LogP contribution is -2.45. The number of hydrogen-bond donors (Lipinski definition) is 1. The standard InChI is InChI=1S/C11H16N4O2/c1-17-10(16)8-4-2-3-7-15(8)9-5-6-13-11(12)14-9/h5-6,8H,2-4,7H2,1H3,(H2,12,13,14). The van der Waals surface area contributed by atoms with Crippen LogP contribution in [0.4, 0.5) is 11.8 Å². The third-order valence-electron chi connectivity index (χ3n) is 2.93. The molecule has 2 rings (SSSR count). The van der Waals surface area contributed by atoms with Gasteiger partial charge in [-0.15, -0.1) is 0 Å². The monoisotopic (exact) mass is 236 g/mol. The molecule has 0 aliphatic carbocycles. The van der Waals surface area contributed by atoms with E-state index in [1.807, 2.05) is 4.90 Å². The van der Waals surface area contributed by atoms with E-state index < -0.39 is 0 Å². The summed E-state index contributed by atoms with van der Waals surface area (Å²) in [5, 5.41) is 0. The second-order valence-corrected chi connectivity index (χ2v) is 4.00. The van der Waals surface area contributed by atoms with Crippen molar-refractivity contribution in [2.45, 2.75) is 25.3 Å². The summed E-state index contributed by atoms with van der Waals surface area (Å²) in [4.78, 5) is 21.6. The highest BCUT2D eigenvalue weighted by Crippen LogP contribution is 2.23. The van der Waals surface area contributed by atoms with E-state index in [2.05, 4.69) is 9.97 Å². The Kier molecular flexibility index (Phi) is 3.41. The van der Waals surface area contributed by atoms with Gasteiger partial charge >= 0.3 is 5.97 Å². The highest BCUT2D eigenvalue weighted by atomic mass is 16.5. The van der Waals surface area contributed by atoms with Crippen LogP contribution in [0.3, 0.4) is 0 Å². The summed E-state index contributed by atoms with van der Waals surface area (Å²) >= 11 is 0. The van der Waals surface area contributed by atoms with E-state index in [-0.39, 0.29) is 18.0 Å². The van der Waals surface area contributed by atoms with Gasteiger partial charge in [0.2, 0.25) is 5.95 Å². The topological polar surface area (TPSA) is 81.3 Å². The summed E-state index contributed by atoms with van der Waals surface area (Å²) in [6.07, 6.45) is 4.45. The molecule has 0 amide bonds. The minimum atomic E-state index is -0.261. The molecule has 17 heavy (non-hydrogen) atoms. The molecule has 2 N–H and O–H groups in total. The zero-order valence-electron chi connectivity index (χ0n) is 9.80. The Morgan fingerprint density at radius 1 is 1.59 bits per heavy atom. The molecule has 0 aromatic carbocycles. The Morgan fingerprint density at radius 3 is 3.12 bits per heavy atom. The molecule has 1 unspecified atom stereocenters. The van der Waals surface area contributed by atoms with Crippen LogP contribution >= 0.6 is 0 Å². The Balaban J connectivity index is 2.24. The Bertz CT molecular complexity index is 410. The van der Waals surface area contributed by atoms with Gasteiger partial charge in [0.25, 0.3) is 0 Å². The molecule has 1 fully saturated rings. The van der Waals surface area contributed by atoms with Crippen molar-refractivity contribution in [3.05, 3.63) is 12.3 Å². The number of ether oxygens (including phenoxy) is 1. The average molecular weight is 236 g/mol. The van der Waals surface area contributed by atoms with Crippen LogP contribution < -0.4 is 10.6 Å². The van der Waals surface area contributed by atoms with Crippen LogP contribution in [0, 0.1) is 0 Å². The van der Waals surface area contributed by atoms with Gasteiger partial charge in [0.15, 0.2) is 0 Å². The lowest BCUT2D eigenvalue weighted by atomic mass is 10.0. The van der Waals surface area contributed by atoms with E-state index in [0.29, 0.717) is 5.82 Å². The lowest BCUT2D eigenvalue weighted by molar-refractivity contribution is -0.142. The molecule has 6 nitrogen and oxygen atoms in total. The van der Waals surface area contributed by atoms with Crippen LogP contribution in [0.5, 0.6) is 0 Å². The first-order valence-electron chi connectivity index (χ1n) is 5.65. The van der Waals surface area contributed by atoms with E-state index in [0.717, 1.165) is 25.8 Å². The van der Waals surface area contributed by atoms with E-state index in [9.17, 15) is 4.79 Å². The predicted octanol–water partition coefficient (Wildman–Crippen LogP) is 0.591. The zero-order valence-corrected chi connectivity index (χ0v) is 9.80. The van der Waals surface area contributed by atoms with E-state index in [1.165, 1.54) is 7.11 Å². The second-order valence-electron chi connectivity index (χ2n) is 4.00. The van der Waals surface area contributed by atoms with Crippen molar-refractivity contribution >= 4 is 17.7 Å². The summed E-state index contributed by atoms with van der Waals surface area (Å²) in [5.41, 5.74) is 5.55. The van der Waals surface area contributed by atoms with Gasteiger partial charge in [0, 0.05) is 12.7 Å². The SMILES string of the molecule is COC(=O)C1CCCCN1c1ccnc(N)n1. The molecule has 6 heteroatoms. The van der Waals surface area contributed by atoms with E-state index in [1.54, 1.807) is 12.3 Å². The van der Waals surface area contributed by atoms with Crippen molar-refractivity contribution in [2.24, 2.45) is 0 Å². The second kappa shape index (κ2) is 4.99. The molecular weight excluding hydrogens is 220 g/mol. The number of aromatic nitrogens is 2. The van der Waals surface area contributed by atoms with E-state index in [4.69, 9.17) is 10.5 Å². The molecule has 0 saturated carbocycles. The third-order valence-corrected chi connectivity index (χ3v) is 2.93. The molecule has 2 heterocycles. The largest absolute Gasteiger partial charge is 0.467 e. The van der Waals surface area contributed by atoms with Crippen molar-refractivity contribution in [3.63, 3.8) is 0 Å². The van der Waals surface area contributed by atoms with Gasteiger partial charge in [-0.2, -0.15) is 4.98 Å². The maximum atomic E-state index is 11.7. The first kappa shape index (κ1) is 11.6. The fourth-order valence-electron chi connectivity index (χ4n) is 2.11. The number of carbonyl (C=O) groups excluding carboxylic acids is 1. The molecule has 1 aromatic heterocycles.